The number of carboxylic acids is 1. The van der Waals surface area contributed by atoms with E-state index in [1.165, 1.54) is 0 Å². The van der Waals surface area contributed by atoms with Gasteiger partial charge in [0.1, 0.15) is 6.61 Å². The van der Waals surface area contributed by atoms with Crippen LogP contribution >= 0.6 is 0 Å². The fourth-order valence-corrected chi connectivity index (χ4v) is 2.12. The predicted octanol–water partition coefficient (Wildman–Crippen LogP) is -1.04. The van der Waals surface area contributed by atoms with Crippen LogP contribution in [0, 0.1) is 17.3 Å². The lowest BCUT2D eigenvalue weighted by molar-refractivity contribution is -0.140. The van der Waals surface area contributed by atoms with E-state index in [0.29, 0.717) is 0 Å². The van der Waals surface area contributed by atoms with Crippen molar-refractivity contribution in [2.45, 2.75) is 13.8 Å². The number of amides is 2. The number of ether oxygens (including phenoxy) is 1. The van der Waals surface area contributed by atoms with E-state index in [0.717, 1.165) is 0 Å². The fourth-order valence-electron chi connectivity index (χ4n) is 2.12. The number of aliphatic carboxylic acids is 1. The van der Waals surface area contributed by atoms with E-state index in [1.807, 2.05) is 0 Å². The van der Waals surface area contributed by atoms with Crippen LogP contribution in [0.4, 0.5) is 0 Å². The number of carboxylic acid groups (broad SMARTS) is 1. The molecule has 0 radical (unpaired) electrons. The van der Waals surface area contributed by atoms with E-state index in [-0.39, 0.29) is 25.7 Å². The van der Waals surface area contributed by atoms with Gasteiger partial charge in [-0.2, -0.15) is 0 Å². The van der Waals surface area contributed by atoms with Crippen molar-refractivity contribution in [3.8, 4) is 0 Å². The number of rotatable bonds is 7. The zero-order valence-corrected chi connectivity index (χ0v) is 10.4. The molecule has 1 rings (SSSR count). The minimum atomic E-state index is -0.954. The molecule has 18 heavy (non-hydrogen) atoms. The molecule has 1 aliphatic carbocycles. The van der Waals surface area contributed by atoms with Crippen molar-refractivity contribution >= 4 is 17.8 Å². The first-order valence-corrected chi connectivity index (χ1v) is 5.65. The van der Waals surface area contributed by atoms with Gasteiger partial charge < -0.3 is 20.9 Å². The second kappa shape index (κ2) is 5.34. The van der Waals surface area contributed by atoms with E-state index < -0.39 is 29.1 Å². The van der Waals surface area contributed by atoms with Crippen LogP contribution in [0.5, 0.6) is 0 Å². The van der Waals surface area contributed by atoms with Crippen LogP contribution in [-0.4, -0.2) is 42.6 Å². The molecule has 0 aromatic carbocycles. The van der Waals surface area contributed by atoms with Crippen LogP contribution in [0.25, 0.3) is 0 Å². The Labute approximate surface area is 105 Å². The lowest BCUT2D eigenvalue weighted by atomic mass is 10.1. The van der Waals surface area contributed by atoms with Gasteiger partial charge in [0, 0.05) is 6.54 Å². The zero-order chi connectivity index (χ0) is 13.9. The van der Waals surface area contributed by atoms with Crippen molar-refractivity contribution in [3.63, 3.8) is 0 Å². The second-order valence-electron chi connectivity index (χ2n) is 4.92. The van der Waals surface area contributed by atoms with Crippen molar-refractivity contribution in [3.05, 3.63) is 0 Å². The molecule has 0 spiro atoms. The second-order valence-corrected chi connectivity index (χ2v) is 4.92. The Morgan fingerprint density at radius 2 is 1.94 bits per heavy atom. The van der Waals surface area contributed by atoms with Crippen LogP contribution in [0.3, 0.4) is 0 Å². The predicted molar refractivity (Wildman–Crippen MR) is 61.4 cm³/mol. The van der Waals surface area contributed by atoms with Crippen LogP contribution in [0.15, 0.2) is 0 Å². The maximum Gasteiger partial charge on any atom is 0.307 e. The van der Waals surface area contributed by atoms with Gasteiger partial charge in [-0.15, -0.1) is 0 Å². The smallest absolute Gasteiger partial charge is 0.307 e. The van der Waals surface area contributed by atoms with Crippen molar-refractivity contribution in [2.24, 2.45) is 23.0 Å². The minimum absolute atomic E-state index is 0.166. The average molecular weight is 258 g/mol. The van der Waals surface area contributed by atoms with Gasteiger partial charge >= 0.3 is 5.97 Å². The minimum Gasteiger partial charge on any atom is -0.481 e. The highest BCUT2D eigenvalue weighted by Crippen LogP contribution is 2.58. The van der Waals surface area contributed by atoms with E-state index in [1.54, 1.807) is 13.8 Å². The largest absolute Gasteiger partial charge is 0.481 e. The maximum absolute atomic E-state index is 11.7. The van der Waals surface area contributed by atoms with E-state index in [9.17, 15) is 14.4 Å². The van der Waals surface area contributed by atoms with Gasteiger partial charge in [0.05, 0.1) is 18.4 Å². The molecule has 1 fully saturated rings. The molecule has 0 aromatic rings. The molecule has 7 nitrogen and oxygen atoms in total. The fraction of sp³-hybridized carbons (Fsp3) is 0.727. The van der Waals surface area contributed by atoms with Crippen molar-refractivity contribution < 1.29 is 24.2 Å². The van der Waals surface area contributed by atoms with Gasteiger partial charge in [-0.25, -0.2) is 0 Å². The van der Waals surface area contributed by atoms with Crippen LogP contribution in [0.2, 0.25) is 0 Å². The summed E-state index contributed by atoms with van der Waals surface area (Å²) in [6, 6.07) is 0. The Morgan fingerprint density at radius 1 is 1.33 bits per heavy atom. The summed E-state index contributed by atoms with van der Waals surface area (Å²) >= 11 is 0. The quantitative estimate of drug-likeness (QED) is 0.504. The lowest BCUT2D eigenvalue weighted by Gasteiger charge is -2.06. The molecule has 0 heterocycles. The first-order chi connectivity index (χ1) is 8.28. The third-order valence-electron chi connectivity index (χ3n) is 3.17. The molecule has 4 N–H and O–H groups in total. The van der Waals surface area contributed by atoms with Gasteiger partial charge in [-0.05, 0) is 5.41 Å². The third-order valence-corrected chi connectivity index (χ3v) is 3.17. The van der Waals surface area contributed by atoms with Gasteiger partial charge in [-0.3, -0.25) is 14.4 Å². The molecule has 2 atom stereocenters. The molecule has 0 bridgehead atoms. The maximum atomic E-state index is 11.7. The Morgan fingerprint density at radius 3 is 2.39 bits per heavy atom. The van der Waals surface area contributed by atoms with Crippen LogP contribution in [0.1, 0.15) is 13.8 Å². The molecule has 0 aromatic heterocycles. The van der Waals surface area contributed by atoms with E-state index in [4.69, 9.17) is 15.6 Å². The number of hydrogen-bond donors (Lipinski definition) is 3. The molecule has 2 amide bonds. The summed E-state index contributed by atoms with van der Waals surface area (Å²) in [5, 5.41) is 11.5. The molecule has 1 saturated carbocycles. The number of carbonyl (C=O) groups is 3. The summed E-state index contributed by atoms with van der Waals surface area (Å²) in [6.45, 7) is 3.70. The number of carbonyl (C=O) groups excluding carboxylic acids is 2. The Bertz CT molecular complexity index is 366. The summed E-state index contributed by atoms with van der Waals surface area (Å²) in [5.74, 6) is -2.97. The number of primary amides is 1. The number of nitrogens with one attached hydrogen (secondary N) is 1. The van der Waals surface area contributed by atoms with Crippen LogP contribution in [-0.2, 0) is 19.1 Å². The lowest BCUT2D eigenvalue weighted by Crippen LogP contribution is -2.31. The number of hydrogen-bond acceptors (Lipinski definition) is 4. The Hall–Kier alpha value is -1.63. The standard InChI is InChI=1S/C11H18N2O5/c1-11(2)7(8(11)10(16)17)9(15)13-3-4-18-5-6(12)14/h7-8H,3-5H2,1-2H3,(H2,12,14)(H,13,15)(H,16,17)/t7-,8+/m1/s1. The molecule has 0 saturated heterocycles. The number of nitrogens with two attached hydrogens (primary N) is 1. The van der Waals surface area contributed by atoms with Gasteiger partial charge in [0.15, 0.2) is 0 Å². The highest BCUT2D eigenvalue weighted by Gasteiger charge is 2.65. The van der Waals surface area contributed by atoms with Crippen molar-refractivity contribution in [1.82, 2.24) is 5.32 Å². The molecule has 7 heteroatoms. The van der Waals surface area contributed by atoms with Gasteiger partial charge in [0.25, 0.3) is 0 Å². The summed E-state index contributed by atoms with van der Waals surface area (Å²) in [4.78, 5) is 33.0. The van der Waals surface area contributed by atoms with Crippen LogP contribution < -0.4 is 11.1 Å². The molecular weight excluding hydrogens is 240 g/mol. The van der Waals surface area contributed by atoms with Crippen molar-refractivity contribution in [1.29, 1.82) is 0 Å². The highest BCUT2D eigenvalue weighted by molar-refractivity contribution is 5.91. The zero-order valence-electron chi connectivity index (χ0n) is 10.4. The van der Waals surface area contributed by atoms with Gasteiger partial charge in [0.2, 0.25) is 11.8 Å². The molecule has 102 valence electrons. The topological polar surface area (TPSA) is 119 Å². The normalized spacial score (nSPS) is 24.3. The Kier molecular flexibility index (Phi) is 4.28. The summed E-state index contributed by atoms with van der Waals surface area (Å²) in [6.07, 6.45) is 0. The third kappa shape index (κ3) is 3.19. The summed E-state index contributed by atoms with van der Waals surface area (Å²) in [5.41, 5.74) is 4.35. The Balaban J connectivity index is 2.27. The molecule has 0 aliphatic heterocycles. The van der Waals surface area contributed by atoms with E-state index >= 15 is 0 Å². The van der Waals surface area contributed by atoms with Gasteiger partial charge in [-0.1, -0.05) is 13.8 Å². The monoisotopic (exact) mass is 258 g/mol. The molecule has 0 unspecified atom stereocenters. The van der Waals surface area contributed by atoms with E-state index in [2.05, 4.69) is 5.32 Å². The molecular formula is C11H18N2O5. The SMILES string of the molecule is CC1(C)[C@H](C(=O)O)[C@@H]1C(=O)NCCOCC(N)=O. The van der Waals surface area contributed by atoms with Crippen molar-refractivity contribution in [2.75, 3.05) is 19.8 Å². The first kappa shape index (κ1) is 14.4. The molecule has 1 aliphatic rings. The first-order valence-electron chi connectivity index (χ1n) is 5.65. The highest BCUT2D eigenvalue weighted by atomic mass is 16.5. The summed E-state index contributed by atoms with van der Waals surface area (Å²) in [7, 11) is 0. The average Bonchev–Trinajstić information content (AvgIpc) is 2.80. The summed E-state index contributed by atoms with van der Waals surface area (Å²) < 4.78 is 4.87.